The van der Waals surface area contributed by atoms with Gasteiger partial charge < -0.3 is 5.53 Å². The lowest BCUT2D eigenvalue weighted by Crippen LogP contribution is -1.98. The number of hydrogen-bond acceptors (Lipinski definition) is 1. The van der Waals surface area contributed by atoms with Crippen molar-refractivity contribution < 1.29 is 9.58 Å². The third-order valence-electron chi connectivity index (χ3n) is 3.89. The highest BCUT2D eigenvalue weighted by Crippen LogP contribution is 2.09. The average Bonchev–Trinajstić information content (AvgIpc) is 2.51. The van der Waals surface area contributed by atoms with Crippen molar-refractivity contribution in [3.63, 3.8) is 0 Å². The predicted molar refractivity (Wildman–Crippen MR) is 94.1 cm³/mol. The second kappa shape index (κ2) is 17.8. The summed E-state index contributed by atoms with van der Waals surface area (Å²) in [7, 11) is 0. The van der Waals surface area contributed by atoms with Gasteiger partial charge in [-0.3, -0.25) is 4.79 Å². The highest BCUT2D eigenvalue weighted by molar-refractivity contribution is 6.25. The highest BCUT2D eigenvalue weighted by atomic mass is 16.1. The van der Waals surface area contributed by atoms with Gasteiger partial charge in [0, 0.05) is 6.42 Å². The Hall–Kier alpha value is -1.21. The smallest absolute Gasteiger partial charge is 0.323 e. The number of ketones is 1. The molecule has 0 saturated heterocycles. The fourth-order valence-corrected chi connectivity index (χ4v) is 2.50. The molecule has 0 unspecified atom stereocenters. The maximum atomic E-state index is 11.1. The minimum Gasteiger partial charge on any atom is -0.361 e. The van der Waals surface area contributed by atoms with E-state index >= 15 is 0 Å². The van der Waals surface area contributed by atoms with Gasteiger partial charge in [-0.05, 0) is 32.1 Å². The van der Waals surface area contributed by atoms with Crippen LogP contribution >= 0.6 is 0 Å². The summed E-state index contributed by atoms with van der Waals surface area (Å²) in [6.07, 6.45) is 22.5. The number of unbranched alkanes of at least 4 members (excludes halogenated alkanes) is 11. The first-order valence-corrected chi connectivity index (χ1v) is 9.16. The lowest BCUT2D eigenvalue weighted by atomic mass is 10.1. The van der Waals surface area contributed by atoms with Gasteiger partial charge in [0.1, 0.15) is 0 Å². The number of nitrogens with zero attached hydrogens (tertiary/aromatic N) is 2. The van der Waals surface area contributed by atoms with Crippen molar-refractivity contribution in [1.29, 1.82) is 0 Å². The Balaban J connectivity index is 3.17. The van der Waals surface area contributed by atoms with Crippen LogP contribution in [0.2, 0.25) is 0 Å². The van der Waals surface area contributed by atoms with Gasteiger partial charge in [0.05, 0.1) is 0 Å². The first-order valence-electron chi connectivity index (χ1n) is 9.16. The van der Waals surface area contributed by atoms with Crippen LogP contribution in [0.3, 0.4) is 0 Å². The predicted octanol–water partition coefficient (Wildman–Crippen LogP) is 5.89. The van der Waals surface area contributed by atoms with Crippen LogP contribution < -0.4 is 0 Å². The summed E-state index contributed by atoms with van der Waals surface area (Å²) in [5.74, 6) is -0.0832. The topological polar surface area (TPSA) is 53.5 Å². The molecule has 0 radical (unpaired) electrons. The molecule has 0 atom stereocenters. The third kappa shape index (κ3) is 16.8. The summed E-state index contributed by atoms with van der Waals surface area (Å²) in [5, 5.41) is 0. The number of allylic oxidation sites excluding steroid dienone is 2. The number of hydrogen-bond donors (Lipinski definition) is 0. The zero-order valence-corrected chi connectivity index (χ0v) is 14.4. The van der Waals surface area contributed by atoms with Crippen molar-refractivity contribution in [3.05, 3.63) is 17.7 Å². The summed E-state index contributed by atoms with van der Waals surface area (Å²) in [4.78, 5) is 13.8. The molecule has 0 saturated carbocycles. The molecule has 0 N–H and O–H groups in total. The molecule has 0 bridgehead atoms. The van der Waals surface area contributed by atoms with Crippen LogP contribution in [0.1, 0.15) is 96.8 Å². The molecule has 3 nitrogen and oxygen atoms in total. The van der Waals surface area contributed by atoms with E-state index in [2.05, 4.69) is 23.9 Å². The Labute approximate surface area is 136 Å². The first-order chi connectivity index (χ1) is 10.8. The largest absolute Gasteiger partial charge is 0.361 e. The van der Waals surface area contributed by atoms with Gasteiger partial charge in [-0.1, -0.05) is 70.4 Å². The molecule has 0 fully saturated rings. The van der Waals surface area contributed by atoms with Crippen molar-refractivity contribution in [3.8, 4) is 0 Å². The van der Waals surface area contributed by atoms with E-state index in [4.69, 9.17) is 5.53 Å². The van der Waals surface area contributed by atoms with E-state index in [1.54, 1.807) is 0 Å². The molecular formula is C19H34N2O. The van der Waals surface area contributed by atoms with Crippen LogP contribution in [-0.2, 0) is 4.79 Å². The van der Waals surface area contributed by atoms with Gasteiger partial charge in [0.2, 0.25) is 5.78 Å². The molecule has 0 aliphatic carbocycles. The van der Waals surface area contributed by atoms with Crippen molar-refractivity contribution in [1.82, 2.24) is 0 Å². The third-order valence-corrected chi connectivity index (χ3v) is 3.89. The van der Waals surface area contributed by atoms with Crippen LogP contribution in [0.4, 0.5) is 0 Å². The number of rotatable bonds is 16. The fourth-order valence-electron chi connectivity index (χ4n) is 2.50. The highest BCUT2D eigenvalue weighted by Gasteiger charge is 2.01. The van der Waals surface area contributed by atoms with Gasteiger partial charge in [-0.15, -0.1) is 0 Å². The maximum absolute atomic E-state index is 11.1. The van der Waals surface area contributed by atoms with Crippen LogP contribution in [-0.4, -0.2) is 16.8 Å². The molecule has 0 amide bonds. The van der Waals surface area contributed by atoms with Crippen molar-refractivity contribution in [2.45, 2.75) is 96.8 Å². The van der Waals surface area contributed by atoms with Crippen molar-refractivity contribution in [2.75, 3.05) is 0 Å². The van der Waals surface area contributed by atoms with Crippen molar-refractivity contribution in [2.24, 2.45) is 0 Å². The van der Waals surface area contributed by atoms with Crippen LogP contribution in [0.15, 0.2) is 12.2 Å². The van der Waals surface area contributed by atoms with Gasteiger partial charge in [-0.25, -0.2) is 0 Å². The monoisotopic (exact) mass is 306 g/mol. The number of carbonyl (C=O) groups excluding carboxylic acids is 1. The Kier molecular flexibility index (Phi) is 16.9. The molecular weight excluding hydrogens is 272 g/mol. The minimum absolute atomic E-state index is 0.0832. The van der Waals surface area contributed by atoms with E-state index in [9.17, 15) is 4.79 Å². The second-order valence-electron chi connectivity index (χ2n) is 6.05. The van der Waals surface area contributed by atoms with E-state index in [0.29, 0.717) is 6.42 Å². The summed E-state index contributed by atoms with van der Waals surface area (Å²) < 4.78 is 0. The summed E-state index contributed by atoms with van der Waals surface area (Å²) in [6, 6.07) is 0. The van der Waals surface area contributed by atoms with E-state index in [1.165, 1.54) is 70.6 Å². The van der Waals surface area contributed by atoms with Gasteiger partial charge in [-0.2, -0.15) is 4.79 Å². The molecule has 0 aromatic carbocycles. The Bertz CT molecular complexity index is 330. The molecule has 0 spiro atoms. The molecule has 0 heterocycles. The number of carbonyl (C=O) groups is 1. The first kappa shape index (κ1) is 20.8. The zero-order valence-electron chi connectivity index (χ0n) is 14.4. The van der Waals surface area contributed by atoms with Crippen molar-refractivity contribution >= 4 is 12.0 Å². The Morgan fingerprint density at radius 2 is 1.32 bits per heavy atom. The normalized spacial score (nSPS) is 10.8. The second-order valence-corrected chi connectivity index (χ2v) is 6.05. The molecule has 126 valence electrons. The quantitative estimate of drug-likeness (QED) is 0.115. The number of Topliss-reactive ketones (excluding diaryl/α,β-unsaturated/α-hetero) is 1. The maximum Gasteiger partial charge on any atom is 0.323 e. The fraction of sp³-hybridized carbons (Fsp3) is 0.789. The van der Waals surface area contributed by atoms with Crippen LogP contribution in [0.5, 0.6) is 0 Å². The molecule has 3 heteroatoms. The van der Waals surface area contributed by atoms with Crippen LogP contribution in [0, 0.1) is 0 Å². The van der Waals surface area contributed by atoms with Gasteiger partial charge in [0.25, 0.3) is 0 Å². The SMILES string of the molecule is CCCCCCCCC=CCCCCCCCC(=O)C=[N+]=[N-]. The van der Waals surface area contributed by atoms with E-state index in [-0.39, 0.29) is 5.78 Å². The average molecular weight is 306 g/mol. The minimum atomic E-state index is -0.0832. The molecule has 0 aliphatic heterocycles. The van der Waals surface area contributed by atoms with Gasteiger partial charge >= 0.3 is 6.21 Å². The Morgan fingerprint density at radius 3 is 1.86 bits per heavy atom. The van der Waals surface area contributed by atoms with E-state index in [0.717, 1.165) is 19.1 Å². The van der Waals surface area contributed by atoms with Crippen LogP contribution in [0.25, 0.3) is 5.53 Å². The molecule has 0 aliphatic rings. The lowest BCUT2D eigenvalue weighted by Gasteiger charge is -1.99. The molecule has 0 aromatic rings. The lowest BCUT2D eigenvalue weighted by molar-refractivity contribution is -0.116. The zero-order chi connectivity index (χ0) is 16.3. The molecule has 22 heavy (non-hydrogen) atoms. The van der Waals surface area contributed by atoms with Gasteiger partial charge in [0.15, 0.2) is 0 Å². The standard InChI is InChI=1S/C19H34N2O/c1-2-3-4-5-6-7-8-9-10-11-12-13-14-15-16-17-19(22)18-21-20/h9-10,18H,2-8,11-17H2,1H3. The van der Waals surface area contributed by atoms with E-state index in [1.807, 2.05) is 0 Å². The Morgan fingerprint density at radius 1 is 0.818 bits per heavy atom. The summed E-state index contributed by atoms with van der Waals surface area (Å²) in [5.41, 5.74) is 8.20. The molecule has 0 rings (SSSR count). The summed E-state index contributed by atoms with van der Waals surface area (Å²) in [6.45, 7) is 2.26. The van der Waals surface area contributed by atoms with E-state index < -0.39 is 0 Å². The molecule has 0 aromatic heterocycles. The summed E-state index contributed by atoms with van der Waals surface area (Å²) >= 11 is 0.